The molecule has 142 valence electrons. The minimum atomic E-state index is -3.59. The van der Waals surface area contributed by atoms with Crippen LogP contribution in [0.15, 0.2) is 59.5 Å². The molecule has 0 saturated carbocycles. The van der Waals surface area contributed by atoms with Crippen LogP contribution in [0.2, 0.25) is 0 Å². The lowest BCUT2D eigenvalue weighted by molar-refractivity contribution is 0.405. The summed E-state index contributed by atoms with van der Waals surface area (Å²) in [6, 6.07) is 16.4. The van der Waals surface area contributed by atoms with E-state index in [1.807, 2.05) is 56.3 Å². The number of benzene rings is 2. The molecule has 0 saturated heterocycles. The molecule has 0 amide bonds. The van der Waals surface area contributed by atoms with Crippen LogP contribution in [0.1, 0.15) is 36.9 Å². The highest BCUT2D eigenvalue weighted by atomic mass is 35.5. The van der Waals surface area contributed by atoms with Gasteiger partial charge in [0, 0.05) is 18.0 Å². The first-order valence-electron chi connectivity index (χ1n) is 8.91. The Bertz CT molecular complexity index is 764. The maximum atomic E-state index is 12.8. The fourth-order valence-electron chi connectivity index (χ4n) is 2.85. The van der Waals surface area contributed by atoms with E-state index in [4.69, 9.17) is 11.6 Å². The van der Waals surface area contributed by atoms with Gasteiger partial charge in [0.05, 0.1) is 4.90 Å². The Kier molecular flexibility index (Phi) is 8.10. The molecule has 0 spiro atoms. The molecule has 0 bridgehead atoms. The number of nitrogens with one attached hydrogen (secondary N) is 2. The van der Waals surface area contributed by atoms with Crippen LogP contribution in [0, 0.1) is 6.92 Å². The summed E-state index contributed by atoms with van der Waals surface area (Å²) >= 11 is 5.79. The molecule has 2 atom stereocenters. The second-order valence-electron chi connectivity index (χ2n) is 6.33. The van der Waals surface area contributed by atoms with Gasteiger partial charge in [0.25, 0.3) is 0 Å². The normalized spacial score (nSPS) is 14.1. The van der Waals surface area contributed by atoms with Crippen molar-refractivity contribution in [2.75, 3.05) is 12.4 Å². The smallest absolute Gasteiger partial charge is 0.240 e. The maximum Gasteiger partial charge on any atom is 0.240 e. The Labute approximate surface area is 162 Å². The lowest BCUT2D eigenvalue weighted by atomic mass is 9.98. The summed E-state index contributed by atoms with van der Waals surface area (Å²) in [6.45, 7) is 4.65. The zero-order chi connectivity index (χ0) is 19.0. The van der Waals surface area contributed by atoms with Gasteiger partial charge in [-0.05, 0) is 44.0 Å². The molecule has 0 aromatic heterocycles. The third kappa shape index (κ3) is 5.81. The number of hydrogen-bond acceptors (Lipinski definition) is 3. The van der Waals surface area contributed by atoms with E-state index in [1.54, 1.807) is 12.1 Å². The van der Waals surface area contributed by atoms with Crippen molar-refractivity contribution < 1.29 is 8.42 Å². The number of halogens is 1. The van der Waals surface area contributed by atoms with Gasteiger partial charge < -0.3 is 5.32 Å². The third-order valence-corrected chi connectivity index (χ3v) is 6.09. The van der Waals surface area contributed by atoms with Crippen molar-refractivity contribution >= 4 is 21.6 Å². The Morgan fingerprint density at radius 2 is 1.69 bits per heavy atom. The molecular weight excluding hydrogens is 368 g/mol. The predicted octanol–water partition coefficient (Wildman–Crippen LogP) is 4.01. The topological polar surface area (TPSA) is 58.2 Å². The van der Waals surface area contributed by atoms with Crippen molar-refractivity contribution in [3.05, 3.63) is 65.7 Å². The standard InChI is InChI=1S/C20H27ClN2O2S/c1-3-19(23-26(24,25)18-12-10-16(2)11-13-18)20(22-15-7-14-21)17-8-5-4-6-9-17/h4-6,8-13,19-20,22-23H,3,7,14-15H2,1-2H3/t19-,20+/m0/s1. The summed E-state index contributed by atoms with van der Waals surface area (Å²) in [5.74, 6) is 0.570. The number of aryl methyl sites for hydroxylation is 1. The fraction of sp³-hybridized carbons (Fsp3) is 0.400. The van der Waals surface area contributed by atoms with Crippen molar-refractivity contribution in [3.8, 4) is 0 Å². The predicted molar refractivity (Wildman–Crippen MR) is 108 cm³/mol. The maximum absolute atomic E-state index is 12.8. The molecule has 0 unspecified atom stereocenters. The molecule has 26 heavy (non-hydrogen) atoms. The Morgan fingerprint density at radius 1 is 1.04 bits per heavy atom. The summed E-state index contributed by atoms with van der Waals surface area (Å²) < 4.78 is 28.5. The lowest BCUT2D eigenvalue weighted by Gasteiger charge is -2.28. The molecule has 2 rings (SSSR count). The van der Waals surface area contributed by atoms with Crippen LogP contribution in [0.5, 0.6) is 0 Å². The van der Waals surface area contributed by atoms with Gasteiger partial charge in [0.1, 0.15) is 0 Å². The largest absolute Gasteiger partial charge is 0.309 e. The summed E-state index contributed by atoms with van der Waals surface area (Å²) in [7, 11) is -3.59. The van der Waals surface area contributed by atoms with Gasteiger partial charge in [0.15, 0.2) is 0 Å². The first kappa shape index (κ1) is 20.9. The molecule has 0 aliphatic rings. The second kappa shape index (κ2) is 10.1. The number of alkyl halides is 1. The fourth-order valence-corrected chi connectivity index (χ4v) is 4.31. The number of rotatable bonds is 10. The summed E-state index contributed by atoms with van der Waals surface area (Å²) in [4.78, 5) is 0.286. The highest BCUT2D eigenvalue weighted by molar-refractivity contribution is 7.89. The lowest BCUT2D eigenvalue weighted by Crippen LogP contribution is -2.44. The molecule has 6 heteroatoms. The van der Waals surface area contributed by atoms with Crippen LogP contribution in [0.3, 0.4) is 0 Å². The van der Waals surface area contributed by atoms with Crippen molar-refractivity contribution in [2.45, 2.75) is 43.7 Å². The number of sulfonamides is 1. The van der Waals surface area contributed by atoms with Crippen molar-refractivity contribution in [1.29, 1.82) is 0 Å². The molecule has 0 aliphatic heterocycles. The van der Waals surface area contributed by atoms with Crippen LogP contribution in [-0.2, 0) is 10.0 Å². The first-order chi connectivity index (χ1) is 12.5. The molecule has 0 heterocycles. The van der Waals surface area contributed by atoms with Gasteiger partial charge >= 0.3 is 0 Å². The van der Waals surface area contributed by atoms with Gasteiger partial charge in [-0.3, -0.25) is 0 Å². The summed E-state index contributed by atoms with van der Waals surface area (Å²) in [6.07, 6.45) is 1.49. The minimum Gasteiger partial charge on any atom is -0.309 e. The van der Waals surface area contributed by atoms with E-state index in [0.29, 0.717) is 12.3 Å². The van der Waals surface area contributed by atoms with E-state index < -0.39 is 10.0 Å². The van der Waals surface area contributed by atoms with E-state index in [9.17, 15) is 8.42 Å². The van der Waals surface area contributed by atoms with Gasteiger partial charge in [-0.1, -0.05) is 55.0 Å². The van der Waals surface area contributed by atoms with Gasteiger partial charge in [-0.25, -0.2) is 13.1 Å². The Balaban J connectivity index is 2.24. The van der Waals surface area contributed by atoms with E-state index in [1.165, 1.54) is 0 Å². The molecular formula is C20H27ClN2O2S. The van der Waals surface area contributed by atoms with E-state index in [-0.39, 0.29) is 17.0 Å². The second-order valence-corrected chi connectivity index (χ2v) is 8.43. The van der Waals surface area contributed by atoms with Gasteiger partial charge in [0.2, 0.25) is 10.0 Å². The molecule has 4 nitrogen and oxygen atoms in total. The zero-order valence-corrected chi connectivity index (χ0v) is 16.9. The quantitative estimate of drug-likeness (QED) is 0.472. The van der Waals surface area contributed by atoms with Crippen molar-refractivity contribution in [2.24, 2.45) is 0 Å². The summed E-state index contributed by atoms with van der Waals surface area (Å²) in [5.41, 5.74) is 2.08. The van der Waals surface area contributed by atoms with Crippen LogP contribution in [0.4, 0.5) is 0 Å². The molecule has 2 aromatic carbocycles. The van der Waals surface area contributed by atoms with E-state index >= 15 is 0 Å². The first-order valence-corrected chi connectivity index (χ1v) is 10.9. The molecule has 0 aliphatic carbocycles. The molecule has 2 N–H and O–H groups in total. The van der Waals surface area contributed by atoms with Crippen molar-refractivity contribution in [1.82, 2.24) is 10.0 Å². The average Bonchev–Trinajstić information content (AvgIpc) is 2.65. The molecule has 0 fully saturated rings. The minimum absolute atomic E-state index is 0.121. The van der Waals surface area contributed by atoms with Crippen molar-refractivity contribution in [3.63, 3.8) is 0 Å². The molecule has 2 aromatic rings. The summed E-state index contributed by atoms with van der Waals surface area (Å²) in [5, 5.41) is 3.46. The van der Waals surface area contributed by atoms with Crippen LogP contribution >= 0.6 is 11.6 Å². The SMILES string of the molecule is CC[C@H](NS(=O)(=O)c1ccc(C)cc1)[C@H](NCCCCl)c1ccccc1. The number of hydrogen-bond donors (Lipinski definition) is 2. The Hall–Kier alpha value is -1.40. The van der Waals surface area contributed by atoms with Gasteiger partial charge in [-0.2, -0.15) is 0 Å². The van der Waals surface area contributed by atoms with Crippen LogP contribution < -0.4 is 10.0 Å². The zero-order valence-electron chi connectivity index (χ0n) is 15.3. The van der Waals surface area contributed by atoms with Gasteiger partial charge in [-0.15, -0.1) is 11.6 Å². The van der Waals surface area contributed by atoms with Crippen LogP contribution in [-0.4, -0.2) is 26.9 Å². The third-order valence-electron chi connectivity index (χ3n) is 4.31. The van der Waals surface area contributed by atoms with E-state index in [2.05, 4.69) is 10.0 Å². The van der Waals surface area contributed by atoms with Crippen LogP contribution in [0.25, 0.3) is 0 Å². The highest BCUT2D eigenvalue weighted by Gasteiger charge is 2.26. The highest BCUT2D eigenvalue weighted by Crippen LogP contribution is 2.21. The average molecular weight is 395 g/mol. The Morgan fingerprint density at radius 3 is 2.27 bits per heavy atom. The molecule has 0 radical (unpaired) electrons. The monoisotopic (exact) mass is 394 g/mol. The van der Waals surface area contributed by atoms with E-state index in [0.717, 1.165) is 24.1 Å².